The van der Waals surface area contributed by atoms with Gasteiger partial charge in [0.25, 0.3) is 0 Å². The van der Waals surface area contributed by atoms with Crippen molar-refractivity contribution in [2.24, 2.45) is 0 Å². The summed E-state index contributed by atoms with van der Waals surface area (Å²) in [6, 6.07) is 0. The number of likely N-dealkylation sites (N-methyl/N-ethyl adjacent to an activating group) is 1. The standard InChI is InChI=1S/C9H21N3O2/c1-8(13)6-10-4-5-11-9(14)7-12(2)3/h8,10,13H,4-7H2,1-3H3,(H,11,14). The second kappa shape index (κ2) is 7.73. The number of rotatable bonds is 7. The van der Waals surface area contributed by atoms with Crippen molar-refractivity contribution in [3.8, 4) is 0 Å². The van der Waals surface area contributed by atoms with Gasteiger partial charge in [0.2, 0.25) is 5.91 Å². The highest BCUT2D eigenvalue weighted by atomic mass is 16.3. The fourth-order valence-electron chi connectivity index (χ4n) is 0.944. The summed E-state index contributed by atoms with van der Waals surface area (Å²) in [7, 11) is 3.70. The Morgan fingerprint density at radius 2 is 2.07 bits per heavy atom. The highest BCUT2D eigenvalue weighted by molar-refractivity contribution is 5.77. The van der Waals surface area contributed by atoms with E-state index >= 15 is 0 Å². The molecule has 0 aliphatic carbocycles. The number of nitrogens with one attached hydrogen (secondary N) is 2. The van der Waals surface area contributed by atoms with E-state index in [0.717, 1.165) is 0 Å². The van der Waals surface area contributed by atoms with E-state index in [9.17, 15) is 4.79 Å². The summed E-state index contributed by atoms with van der Waals surface area (Å²) < 4.78 is 0. The minimum absolute atomic E-state index is 0.0221. The lowest BCUT2D eigenvalue weighted by Gasteiger charge is -2.10. The van der Waals surface area contributed by atoms with Gasteiger partial charge in [-0.2, -0.15) is 0 Å². The zero-order valence-corrected chi connectivity index (χ0v) is 9.21. The van der Waals surface area contributed by atoms with Crippen LogP contribution in [-0.2, 0) is 4.79 Å². The molecule has 84 valence electrons. The normalized spacial score (nSPS) is 12.9. The average Bonchev–Trinajstić information content (AvgIpc) is 2.01. The molecule has 1 unspecified atom stereocenters. The molecule has 5 nitrogen and oxygen atoms in total. The first-order valence-electron chi connectivity index (χ1n) is 4.82. The molecule has 0 aromatic carbocycles. The van der Waals surface area contributed by atoms with Gasteiger partial charge in [0.05, 0.1) is 12.6 Å². The first kappa shape index (κ1) is 13.4. The summed E-state index contributed by atoms with van der Waals surface area (Å²) in [5.74, 6) is 0.0221. The molecule has 1 amide bonds. The quantitative estimate of drug-likeness (QED) is 0.447. The highest BCUT2D eigenvalue weighted by Crippen LogP contribution is 1.75. The number of carbonyl (C=O) groups excluding carboxylic acids is 1. The fraction of sp³-hybridized carbons (Fsp3) is 0.889. The third-order valence-electron chi connectivity index (χ3n) is 1.52. The number of hydrogen-bond acceptors (Lipinski definition) is 4. The Balaban J connectivity index is 3.23. The molecule has 0 saturated heterocycles. The van der Waals surface area contributed by atoms with Crippen molar-refractivity contribution in [1.82, 2.24) is 15.5 Å². The van der Waals surface area contributed by atoms with Crippen LogP contribution in [0.25, 0.3) is 0 Å². The Bertz CT molecular complexity index is 160. The van der Waals surface area contributed by atoms with Gasteiger partial charge in [-0.3, -0.25) is 4.79 Å². The van der Waals surface area contributed by atoms with Crippen LogP contribution in [0.2, 0.25) is 0 Å². The smallest absolute Gasteiger partial charge is 0.234 e. The van der Waals surface area contributed by atoms with Crippen LogP contribution in [0.1, 0.15) is 6.92 Å². The Morgan fingerprint density at radius 1 is 1.43 bits per heavy atom. The zero-order valence-electron chi connectivity index (χ0n) is 9.21. The van der Waals surface area contributed by atoms with Crippen molar-refractivity contribution in [1.29, 1.82) is 0 Å². The van der Waals surface area contributed by atoms with E-state index in [0.29, 0.717) is 26.2 Å². The minimum Gasteiger partial charge on any atom is -0.392 e. The molecule has 14 heavy (non-hydrogen) atoms. The van der Waals surface area contributed by atoms with Crippen LogP contribution in [0.3, 0.4) is 0 Å². The molecule has 0 bridgehead atoms. The number of carbonyl (C=O) groups is 1. The summed E-state index contributed by atoms with van der Waals surface area (Å²) in [6.45, 7) is 3.97. The predicted molar refractivity (Wildman–Crippen MR) is 56.1 cm³/mol. The van der Waals surface area contributed by atoms with Crippen molar-refractivity contribution < 1.29 is 9.90 Å². The third kappa shape index (κ3) is 9.44. The molecule has 0 spiro atoms. The van der Waals surface area contributed by atoms with E-state index in [2.05, 4.69) is 10.6 Å². The van der Waals surface area contributed by atoms with Crippen LogP contribution >= 0.6 is 0 Å². The molecule has 0 radical (unpaired) electrons. The molecule has 0 aliphatic rings. The number of amides is 1. The van der Waals surface area contributed by atoms with E-state index in [1.165, 1.54) is 0 Å². The summed E-state index contributed by atoms with van der Waals surface area (Å²) in [4.78, 5) is 12.9. The minimum atomic E-state index is -0.340. The highest BCUT2D eigenvalue weighted by Gasteiger charge is 2.01. The number of hydrogen-bond donors (Lipinski definition) is 3. The lowest BCUT2D eigenvalue weighted by atomic mass is 10.4. The van der Waals surface area contributed by atoms with E-state index in [1.54, 1.807) is 6.92 Å². The Morgan fingerprint density at radius 3 is 2.57 bits per heavy atom. The van der Waals surface area contributed by atoms with Crippen LogP contribution < -0.4 is 10.6 Å². The molecule has 0 aromatic heterocycles. The topological polar surface area (TPSA) is 64.6 Å². The molecule has 0 rings (SSSR count). The number of aliphatic hydroxyl groups excluding tert-OH is 1. The summed E-state index contributed by atoms with van der Waals surface area (Å²) in [5.41, 5.74) is 0. The van der Waals surface area contributed by atoms with Crippen molar-refractivity contribution in [2.45, 2.75) is 13.0 Å². The second-order valence-electron chi connectivity index (χ2n) is 3.64. The van der Waals surface area contributed by atoms with E-state index in [1.807, 2.05) is 19.0 Å². The Kier molecular flexibility index (Phi) is 7.37. The third-order valence-corrected chi connectivity index (χ3v) is 1.52. The summed E-state index contributed by atoms with van der Waals surface area (Å²) in [6.07, 6.45) is -0.340. The van der Waals surface area contributed by atoms with Gasteiger partial charge >= 0.3 is 0 Å². The lowest BCUT2D eigenvalue weighted by molar-refractivity contribution is -0.121. The van der Waals surface area contributed by atoms with Gasteiger partial charge in [-0.05, 0) is 21.0 Å². The molecular weight excluding hydrogens is 182 g/mol. The second-order valence-corrected chi connectivity index (χ2v) is 3.64. The molecule has 0 aromatic rings. The SMILES string of the molecule is CC(O)CNCCNC(=O)CN(C)C. The van der Waals surface area contributed by atoms with Crippen molar-refractivity contribution in [2.75, 3.05) is 40.3 Å². The lowest BCUT2D eigenvalue weighted by Crippen LogP contribution is -2.38. The fourth-order valence-corrected chi connectivity index (χ4v) is 0.944. The number of nitrogens with zero attached hydrogens (tertiary/aromatic N) is 1. The van der Waals surface area contributed by atoms with Gasteiger partial charge in [-0.15, -0.1) is 0 Å². The summed E-state index contributed by atoms with van der Waals surface area (Å²) in [5, 5.41) is 14.7. The molecule has 0 heterocycles. The van der Waals surface area contributed by atoms with Crippen LogP contribution in [-0.4, -0.2) is 62.3 Å². The van der Waals surface area contributed by atoms with Crippen molar-refractivity contribution in [3.05, 3.63) is 0 Å². The average molecular weight is 203 g/mol. The van der Waals surface area contributed by atoms with E-state index < -0.39 is 0 Å². The number of aliphatic hydroxyl groups is 1. The maximum Gasteiger partial charge on any atom is 0.234 e. The van der Waals surface area contributed by atoms with Gasteiger partial charge in [0, 0.05) is 19.6 Å². The van der Waals surface area contributed by atoms with Gasteiger partial charge in [0.1, 0.15) is 0 Å². The van der Waals surface area contributed by atoms with Crippen molar-refractivity contribution >= 4 is 5.91 Å². The molecular formula is C9H21N3O2. The molecule has 1 atom stereocenters. The maximum atomic E-state index is 11.1. The van der Waals surface area contributed by atoms with Gasteiger partial charge in [0.15, 0.2) is 0 Å². The first-order chi connectivity index (χ1) is 6.52. The largest absolute Gasteiger partial charge is 0.392 e. The van der Waals surface area contributed by atoms with Crippen LogP contribution in [0.5, 0.6) is 0 Å². The van der Waals surface area contributed by atoms with E-state index in [4.69, 9.17) is 5.11 Å². The zero-order chi connectivity index (χ0) is 11.0. The molecule has 0 fully saturated rings. The van der Waals surface area contributed by atoms with Crippen LogP contribution in [0.4, 0.5) is 0 Å². The van der Waals surface area contributed by atoms with Crippen LogP contribution in [0, 0.1) is 0 Å². The Hall–Kier alpha value is -0.650. The Labute approximate surface area is 85.5 Å². The molecule has 5 heteroatoms. The van der Waals surface area contributed by atoms with Gasteiger partial charge < -0.3 is 20.6 Å². The summed E-state index contributed by atoms with van der Waals surface area (Å²) >= 11 is 0. The first-order valence-corrected chi connectivity index (χ1v) is 4.82. The van der Waals surface area contributed by atoms with Gasteiger partial charge in [-0.25, -0.2) is 0 Å². The monoisotopic (exact) mass is 203 g/mol. The molecule has 0 saturated carbocycles. The van der Waals surface area contributed by atoms with Crippen LogP contribution in [0.15, 0.2) is 0 Å². The predicted octanol–water partition coefficient (Wildman–Crippen LogP) is -1.37. The molecule has 0 aliphatic heterocycles. The molecule has 3 N–H and O–H groups in total. The van der Waals surface area contributed by atoms with E-state index in [-0.39, 0.29) is 12.0 Å². The van der Waals surface area contributed by atoms with Gasteiger partial charge in [-0.1, -0.05) is 0 Å². The van der Waals surface area contributed by atoms with Crippen molar-refractivity contribution in [3.63, 3.8) is 0 Å². The maximum absolute atomic E-state index is 11.1.